The molecule has 6 heteroatoms. The van der Waals surface area contributed by atoms with Gasteiger partial charge in [0.25, 0.3) is 0 Å². The maximum atomic E-state index is 9.09. The topological polar surface area (TPSA) is 96.9 Å². The van der Waals surface area contributed by atoms with Crippen molar-refractivity contribution < 1.29 is 4.74 Å². The van der Waals surface area contributed by atoms with Crippen LogP contribution in [0.1, 0.15) is 32.2 Å². The Morgan fingerprint density at radius 3 is 2.57 bits per heavy atom. The number of ether oxygens (including phenoxy) is 1. The third-order valence-corrected chi connectivity index (χ3v) is 2.74. The second-order valence-electron chi connectivity index (χ2n) is 5.52. The van der Waals surface area contributed by atoms with Crippen molar-refractivity contribution in [3.63, 3.8) is 0 Å². The van der Waals surface area contributed by atoms with Crippen molar-refractivity contribution in [1.82, 2.24) is 9.97 Å². The largest absolute Gasteiger partial charge is 0.437 e. The van der Waals surface area contributed by atoms with Gasteiger partial charge >= 0.3 is 0 Å². The predicted molar refractivity (Wildman–Crippen MR) is 79.8 cm³/mol. The second-order valence-corrected chi connectivity index (χ2v) is 5.52. The van der Waals surface area contributed by atoms with Gasteiger partial charge in [0, 0.05) is 11.5 Å². The smallest absolute Gasteiger partial charge is 0.224 e. The minimum atomic E-state index is -0.250. The van der Waals surface area contributed by atoms with Gasteiger partial charge in [-0.05, 0) is 12.1 Å². The van der Waals surface area contributed by atoms with Crippen molar-refractivity contribution in [2.24, 2.45) is 5.84 Å². The Morgan fingerprint density at radius 1 is 1.24 bits per heavy atom. The fraction of sp³-hybridized carbons (Fsp3) is 0.267. The predicted octanol–water partition coefficient (Wildman–Crippen LogP) is 2.72. The van der Waals surface area contributed by atoms with Crippen molar-refractivity contribution >= 4 is 5.82 Å². The van der Waals surface area contributed by atoms with Crippen LogP contribution in [0.5, 0.6) is 11.6 Å². The monoisotopic (exact) mass is 283 g/mol. The van der Waals surface area contributed by atoms with Gasteiger partial charge in [-0.25, -0.2) is 10.8 Å². The van der Waals surface area contributed by atoms with Crippen LogP contribution < -0.4 is 16.0 Å². The van der Waals surface area contributed by atoms with Crippen LogP contribution >= 0.6 is 0 Å². The highest BCUT2D eigenvalue weighted by Gasteiger charge is 2.20. The van der Waals surface area contributed by atoms with Gasteiger partial charge < -0.3 is 10.2 Å². The molecule has 0 amide bonds. The molecule has 2 aromatic rings. The lowest BCUT2D eigenvalue weighted by atomic mass is 9.96. The molecule has 0 fully saturated rings. The first-order valence-electron chi connectivity index (χ1n) is 6.47. The first-order valence-corrected chi connectivity index (χ1v) is 6.47. The molecule has 0 aliphatic carbocycles. The lowest BCUT2D eigenvalue weighted by Crippen LogP contribution is -2.19. The van der Waals surface area contributed by atoms with Crippen LogP contribution in [0, 0.1) is 11.3 Å². The number of benzene rings is 1. The Kier molecular flexibility index (Phi) is 4.05. The minimum Gasteiger partial charge on any atom is -0.437 e. The normalized spacial score (nSPS) is 10.8. The minimum absolute atomic E-state index is 0.250. The van der Waals surface area contributed by atoms with Crippen molar-refractivity contribution in [3.8, 4) is 17.7 Å². The number of para-hydroxylation sites is 1. The molecule has 0 saturated heterocycles. The van der Waals surface area contributed by atoms with Gasteiger partial charge in [-0.2, -0.15) is 10.2 Å². The van der Waals surface area contributed by atoms with Crippen molar-refractivity contribution in [1.29, 1.82) is 5.26 Å². The number of hydrogen-bond donors (Lipinski definition) is 2. The number of hydrogen-bond acceptors (Lipinski definition) is 6. The quantitative estimate of drug-likeness (QED) is 0.664. The maximum Gasteiger partial charge on any atom is 0.224 e. The third-order valence-electron chi connectivity index (χ3n) is 2.74. The number of nitrogens with two attached hydrogens (primary N) is 1. The molecule has 1 aromatic heterocycles. The summed E-state index contributed by atoms with van der Waals surface area (Å²) >= 11 is 0. The summed E-state index contributed by atoms with van der Waals surface area (Å²) < 4.78 is 5.71. The molecule has 1 aromatic carbocycles. The van der Waals surface area contributed by atoms with E-state index in [1.165, 1.54) is 0 Å². The van der Waals surface area contributed by atoms with Gasteiger partial charge in [-0.3, -0.25) is 0 Å². The molecule has 0 saturated carbocycles. The number of anilines is 1. The molecular weight excluding hydrogens is 266 g/mol. The zero-order valence-corrected chi connectivity index (χ0v) is 12.2. The van der Waals surface area contributed by atoms with E-state index in [2.05, 4.69) is 21.5 Å². The van der Waals surface area contributed by atoms with E-state index in [0.29, 0.717) is 28.8 Å². The SMILES string of the molecule is CC(C)(C)c1nc(NN)cc(Oc2ccccc2C#N)n1. The lowest BCUT2D eigenvalue weighted by molar-refractivity contribution is 0.445. The van der Waals surface area contributed by atoms with Gasteiger partial charge in [-0.1, -0.05) is 32.9 Å². The van der Waals surface area contributed by atoms with Gasteiger partial charge in [0.2, 0.25) is 5.88 Å². The summed E-state index contributed by atoms with van der Waals surface area (Å²) in [5, 5.41) is 9.09. The standard InChI is InChI=1S/C15H17N5O/c1-15(2,3)14-18-12(20-17)8-13(19-14)21-11-7-5-4-6-10(11)9-16/h4-8H,17H2,1-3H3,(H,18,19,20). The Morgan fingerprint density at radius 2 is 1.95 bits per heavy atom. The summed E-state index contributed by atoms with van der Waals surface area (Å²) in [6.07, 6.45) is 0. The fourth-order valence-corrected chi connectivity index (χ4v) is 1.65. The van der Waals surface area contributed by atoms with Crippen LogP contribution in [0.4, 0.5) is 5.82 Å². The molecule has 21 heavy (non-hydrogen) atoms. The van der Waals surface area contributed by atoms with E-state index in [0.717, 1.165) is 0 Å². The molecule has 0 aliphatic heterocycles. The molecule has 0 spiro atoms. The highest BCUT2D eigenvalue weighted by atomic mass is 16.5. The van der Waals surface area contributed by atoms with Crippen LogP contribution in [-0.2, 0) is 5.41 Å². The summed E-state index contributed by atoms with van der Waals surface area (Å²) in [4.78, 5) is 8.70. The fourth-order valence-electron chi connectivity index (χ4n) is 1.65. The van der Waals surface area contributed by atoms with E-state index >= 15 is 0 Å². The van der Waals surface area contributed by atoms with Crippen LogP contribution in [0.3, 0.4) is 0 Å². The molecule has 2 rings (SSSR count). The average Bonchev–Trinajstić information content (AvgIpc) is 2.46. The number of aromatic nitrogens is 2. The Hall–Kier alpha value is -2.65. The van der Waals surface area contributed by atoms with E-state index in [4.69, 9.17) is 15.8 Å². The zero-order valence-electron chi connectivity index (χ0n) is 12.2. The number of nitrogen functional groups attached to an aromatic ring is 1. The van der Waals surface area contributed by atoms with Gasteiger partial charge in [0.1, 0.15) is 23.5 Å². The van der Waals surface area contributed by atoms with Crippen LogP contribution in [0.25, 0.3) is 0 Å². The summed E-state index contributed by atoms with van der Waals surface area (Å²) in [6.45, 7) is 5.99. The van der Waals surface area contributed by atoms with E-state index in [-0.39, 0.29) is 5.41 Å². The van der Waals surface area contributed by atoms with E-state index in [1.807, 2.05) is 20.8 Å². The first-order chi connectivity index (χ1) is 9.94. The molecule has 0 aliphatic rings. The van der Waals surface area contributed by atoms with Crippen LogP contribution in [-0.4, -0.2) is 9.97 Å². The van der Waals surface area contributed by atoms with E-state index in [9.17, 15) is 0 Å². The highest BCUT2D eigenvalue weighted by molar-refractivity contribution is 5.46. The summed E-state index contributed by atoms with van der Waals surface area (Å²) in [7, 11) is 0. The number of rotatable bonds is 3. The Bertz CT molecular complexity index is 685. The maximum absolute atomic E-state index is 9.09. The van der Waals surface area contributed by atoms with E-state index in [1.54, 1.807) is 30.3 Å². The van der Waals surface area contributed by atoms with Crippen molar-refractivity contribution in [2.75, 3.05) is 5.43 Å². The van der Waals surface area contributed by atoms with Gasteiger partial charge in [-0.15, -0.1) is 0 Å². The molecule has 0 unspecified atom stereocenters. The van der Waals surface area contributed by atoms with Crippen LogP contribution in [0.2, 0.25) is 0 Å². The van der Waals surface area contributed by atoms with Gasteiger partial charge in [0.05, 0.1) is 5.56 Å². The molecule has 0 bridgehead atoms. The highest BCUT2D eigenvalue weighted by Crippen LogP contribution is 2.27. The molecule has 108 valence electrons. The summed E-state index contributed by atoms with van der Waals surface area (Å²) in [5.74, 6) is 7.27. The number of hydrazine groups is 1. The number of nitrogens with one attached hydrogen (secondary N) is 1. The Labute approximate surface area is 123 Å². The molecule has 0 radical (unpaired) electrons. The second kappa shape index (κ2) is 5.77. The van der Waals surface area contributed by atoms with Crippen LogP contribution in [0.15, 0.2) is 30.3 Å². The summed E-state index contributed by atoms with van der Waals surface area (Å²) in [6, 6.07) is 10.6. The number of nitrogens with zero attached hydrogens (tertiary/aromatic N) is 3. The average molecular weight is 283 g/mol. The summed E-state index contributed by atoms with van der Waals surface area (Å²) in [5.41, 5.74) is 2.69. The molecule has 6 nitrogen and oxygen atoms in total. The first kappa shape index (κ1) is 14.8. The molecule has 3 N–H and O–H groups in total. The zero-order chi connectivity index (χ0) is 15.5. The number of nitriles is 1. The van der Waals surface area contributed by atoms with Gasteiger partial charge in [0.15, 0.2) is 0 Å². The van der Waals surface area contributed by atoms with E-state index < -0.39 is 0 Å². The Balaban J connectivity index is 2.42. The molecule has 1 heterocycles. The lowest BCUT2D eigenvalue weighted by Gasteiger charge is -2.18. The molecule has 0 atom stereocenters. The third kappa shape index (κ3) is 3.46. The van der Waals surface area contributed by atoms with Crippen molar-refractivity contribution in [3.05, 3.63) is 41.7 Å². The van der Waals surface area contributed by atoms with Crippen molar-refractivity contribution in [2.45, 2.75) is 26.2 Å². The molecular formula is C15H17N5O.